The number of aromatic nitrogens is 2. The number of alkyl halides is 3. The van der Waals surface area contributed by atoms with Crippen LogP contribution in [0.4, 0.5) is 13.2 Å². The van der Waals surface area contributed by atoms with Crippen molar-refractivity contribution in [2.45, 2.75) is 45.1 Å². The normalized spacial score (nSPS) is 18.5. The number of amides is 1. The largest absolute Gasteiger partial charge is 0.490 e. The predicted molar refractivity (Wildman–Crippen MR) is 106 cm³/mol. The molecule has 0 saturated heterocycles. The zero-order valence-electron chi connectivity index (χ0n) is 17.1. The monoisotopic (exact) mass is 438 g/mol. The quantitative estimate of drug-likeness (QED) is 0.749. The Morgan fingerprint density at radius 1 is 1.19 bits per heavy atom. The Morgan fingerprint density at radius 2 is 1.84 bits per heavy atom. The van der Waals surface area contributed by atoms with Gasteiger partial charge in [-0.25, -0.2) is 9.78 Å². The summed E-state index contributed by atoms with van der Waals surface area (Å²) >= 11 is 0. The Balaban J connectivity index is 0.000000339. The summed E-state index contributed by atoms with van der Waals surface area (Å²) < 4.78 is 33.9. The van der Waals surface area contributed by atoms with Crippen molar-refractivity contribution >= 4 is 11.9 Å². The minimum absolute atomic E-state index is 0.0365. The van der Waals surface area contributed by atoms with E-state index in [1.807, 2.05) is 12.3 Å². The van der Waals surface area contributed by atoms with Gasteiger partial charge in [0.2, 0.25) is 0 Å². The van der Waals surface area contributed by atoms with Crippen LogP contribution in [0.25, 0.3) is 0 Å². The third kappa shape index (κ3) is 6.30. The maximum absolute atomic E-state index is 12.3. The molecule has 1 aliphatic heterocycles. The van der Waals surface area contributed by atoms with Crippen LogP contribution >= 0.6 is 0 Å². The fourth-order valence-electron chi connectivity index (χ4n) is 3.33. The number of halogens is 3. The average molecular weight is 438 g/mol. The van der Waals surface area contributed by atoms with Crippen molar-refractivity contribution < 1.29 is 27.9 Å². The number of nitrogens with one attached hydrogen (secondary N) is 1. The highest BCUT2D eigenvalue weighted by molar-refractivity contribution is 5.92. The van der Waals surface area contributed by atoms with Gasteiger partial charge in [-0.05, 0) is 31.2 Å². The SMILES string of the molecule is CC1c2nc(C(=O)NCC3CC3)cn2CCN1Cc1ccccc1.O=C(O)C(F)(F)F. The summed E-state index contributed by atoms with van der Waals surface area (Å²) in [6.07, 6.45) is -0.690. The molecular formula is C21H25F3N4O3. The maximum atomic E-state index is 12.3. The van der Waals surface area contributed by atoms with E-state index in [-0.39, 0.29) is 11.9 Å². The van der Waals surface area contributed by atoms with Crippen LogP contribution in [-0.4, -0.2) is 50.7 Å². The molecule has 1 aromatic heterocycles. The second-order valence-electron chi connectivity index (χ2n) is 7.77. The van der Waals surface area contributed by atoms with Gasteiger partial charge in [-0.3, -0.25) is 9.69 Å². The molecule has 1 unspecified atom stereocenters. The molecule has 31 heavy (non-hydrogen) atoms. The van der Waals surface area contributed by atoms with E-state index in [9.17, 15) is 18.0 Å². The summed E-state index contributed by atoms with van der Waals surface area (Å²) in [6, 6.07) is 10.7. The fourth-order valence-corrected chi connectivity index (χ4v) is 3.33. The molecule has 1 amide bonds. The van der Waals surface area contributed by atoms with Crippen molar-refractivity contribution in [1.82, 2.24) is 19.8 Å². The Bertz CT molecular complexity index is 910. The Labute approximate surface area is 177 Å². The van der Waals surface area contributed by atoms with Gasteiger partial charge in [0.25, 0.3) is 5.91 Å². The van der Waals surface area contributed by atoms with E-state index in [1.54, 1.807) is 0 Å². The minimum atomic E-state index is -5.08. The molecule has 10 heteroatoms. The first-order valence-electron chi connectivity index (χ1n) is 10.1. The number of carboxylic acids is 1. The molecule has 168 valence electrons. The Kier molecular flexibility index (Phi) is 6.99. The third-order valence-electron chi connectivity index (χ3n) is 5.31. The van der Waals surface area contributed by atoms with Crippen molar-refractivity contribution in [3.8, 4) is 0 Å². The fraction of sp³-hybridized carbons (Fsp3) is 0.476. The molecule has 0 bridgehead atoms. The number of benzene rings is 1. The summed E-state index contributed by atoms with van der Waals surface area (Å²) in [5.41, 5.74) is 1.87. The number of hydrogen-bond donors (Lipinski definition) is 2. The summed E-state index contributed by atoms with van der Waals surface area (Å²) in [5, 5.41) is 10.1. The van der Waals surface area contributed by atoms with Crippen LogP contribution in [0.1, 0.15) is 47.7 Å². The van der Waals surface area contributed by atoms with Crippen LogP contribution < -0.4 is 5.32 Å². The van der Waals surface area contributed by atoms with Crippen molar-refractivity contribution in [3.63, 3.8) is 0 Å². The van der Waals surface area contributed by atoms with Gasteiger partial charge >= 0.3 is 12.1 Å². The van der Waals surface area contributed by atoms with E-state index in [0.29, 0.717) is 11.6 Å². The number of nitrogens with zero attached hydrogens (tertiary/aromatic N) is 3. The lowest BCUT2D eigenvalue weighted by atomic mass is 10.1. The third-order valence-corrected chi connectivity index (χ3v) is 5.31. The molecule has 4 rings (SSSR count). The minimum Gasteiger partial charge on any atom is -0.475 e. The van der Waals surface area contributed by atoms with Gasteiger partial charge in [-0.2, -0.15) is 13.2 Å². The lowest BCUT2D eigenvalue weighted by Crippen LogP contribution is -2.36. The standard InChI is InChI=1S/C19H24N4O.C2HF3O2/c1-14-18-21-17(19(24)20-11-15-7-8-15)13-23(18)10-9-22(14)12-16-5-3-2-4-6-16;3-2(4,5)1(6)7/h2-6,13-15H,7-12H2,1H3,(H,20,24);(H,6,7). The number of rotatable bonds is 5. The van der Waals surface area contributed by atoms with Crippen molar-refractivity contribution in [2.75, 3.05) is 13.1 Å². The molecule has 1 aromatic carbocycles. The molecule has 0 spiro atoms. The Morgan fingerprint density at radius 3 is 2.42 bits per heavy atom. The van der Waals surface area contributed by atoms with E-state index in [0.717, 1.165) is 32.0 Å². The van der Waals surface area contributed by atoms with Gasteiger partial charge in [-0.1, -0.05) is 30.3 Å². The molecule has 1 aliphatic carbocycles. The van der Waals surface area contributed by atoms with Crippen molar-refractivity contribution in [3.05, 3.63) is 53.6 Å². The van der Waals surface area contributed by atoms with Gasteiger partial charge in [0.15, 0.2) is 0 Å². The molecule has 1 atom stereocenters. The van der Waals surface area contributed by atoms with Gasteiger partial charge in [0.1, 0.15) is 11.5 Å². The molecule has 1 saturated carbocycles. The van der Waals surface area contributed by atoms with Gasteiger partial charge in [0, 0.05) is 32.4 Å². The number of carbonyl (C=O) groups excluding carboxylic acids is 1. The molecule has 7 nitrogen and oxygen atoms in total. The molecule has 2 heterocycles. The topological polar surface area (TPSA) is 87.5 Å². The summed E-state index contributed by atoms with van der Waals surface area (Å²) in [6.45, 7) is 5.74. The maximum Gasteiger partial charge on any atom is 0.490 e. The molecular weight excluding hydrogens is 413 g/mol. The second-order valence-corrected chi connectivity index (χ2v) is 7.77. The van der Waals surface area contributed by atoms with Crippen LogP contribution in [0.15, 0.2) is 36.5 Å². The number of hydrogen-bond acceptors (Lipinski definition) is 4. The van der Waals surface area contributed by atoms with Crippen molar-refractivity contribution in [1.29, 1.82) is 0 Å². The molecule has 2 N–H and O–H groups in total. The highest BCUT2D eigenvalue weighted by Crippen LogP contribution is 2.28. The van der Waals surface area contributed by atoms with E-state index in [2.05, 4.69) is 51.0 Å². The first kappa shape index (κ1) is 22.8. The molecule has 0 radical (unpaired) electrons. The number of fused-ring (bicyclic) bond motifs is 1. The number of carboxylic acid groups (broad SMARTS) is 1. The smallest absolute Gasteiger partial charge is 0.475 e. The van der Waals surface area contributed by atoms with E-state index in [4.69, 9.17) is 9.90 Å². The van der Waals surface area contributed by atoms with Crippen molar-refractivity contribution in [2.24, 2.45) is 5.92 Å². The highest BCUT2D eigenvalue weighted by Gasteiger charge is 2.38. The van der Waals surface area contributed by atoms with Gasteiger partial charge in [0.05, 0.1) is 6.04 Å². The van der Waals surface area contributed by atoms with Gasteiger partial charge in [-0.15, -0.1) is 0 Å². The number of imidazole rings is 1. The van der Waals surface area contributed by atoms with Crippen LogP contribution in [-0.2, 0) is 17.9 Å². The number of carbonyl (C=O) groups is 2. The predicted octanol–water partition coefficient (Wildman–Crippen LogP) is 3.23. The molecule has 2 aliphatic rings. The first-order valence-corrected chi connectivity index (χ1v) is 10.1. The lowest BCUT2D eigenvalue weighted by Gasteiger charge is -2.33. The zero-order valence-corrected chi connectivity index (χ0v) is 17.1. The summed E-state index contributed by atoms with van der Waals surface area (Å²) in [7, 11) is 0. The van der Waals surface area contributed by atoms with E-state index in [1.165, 1.54) is 18.4 Å². The van der Waals surface area contributed by atoms with Crippen LogP contribution in [0.2, 0.25) is 0 Å². The summed E-state index contributed by atoms with van der Waals surface area (Å²) in [5.74, 6) is -1.11. The lowest BCUT2D eigenvalue weighted by molar-refractivity contribution is -0.192. The number of aliphatic carboxylic acids is 1. The average Bonchev–Trinajstić information content (AvgIpc) is 3.45. The highest BCUT2D eigenvalue weighted by atomic mass is 19.4. The second kappa shape index (κ2) is 9.51. The Hall–Kier alpha value is -2.88. The van der Waals surface area contributed by atoms with E-state index < -0.39 is 12.1 Å². The molecule has 1 fully saturated rings. The molecule has 2 aromatic rings. The van der Waals surface area contributed by atoms with Gasteiger partial charge < -0.3 is 15.0 Å². The van der Waals surface area contributed by atoms with E-state index >= 15 is 0 Å². The summed E-state index contributed by atoms with van der Waals surface area (Å²) in [4.78, 5) is 28.2. The zero-order chi connectivity index (χ0) is 22.6. The van der Waals surface area contributed by atoms with Crippen LogP contribution in [0.3, 0.4) is 0 Å². The van der Waals surface area contributed by atoms with Crippen LogP contribution in [0.5, 0.6) is 0 Å². The van der Waals surface area contributed by atoms with Crippen LogP contribution in [0, 0.1) is 5.92 Å². The first-order chi connectivity index (χ1) is 14.6.